The van der Waals surface area contributed by atoms with Gasteiger partial charge >= 0.3 is 0 Å². The molecule has 0 unspecified atom stereocenters. The average Bonchev–Trinajstić information content (AvgIpc) is 2.82. The molecule has 2 aromatic rings. The lowest BCUT2D eigenvalue weighted by Gasteiger charge is -2.15. The predicted octanol–water partition coefficient (Wildman–Crippen LogP) is 2.46. The molecule has 0 saturated heterocycles. The number of rotatable bonds is 3. The van der Waals surface area contributed by atoms with Gasteiger partial charge in [0.05, 0.1) is 12.4 Å². The molecule has 0 bridgehead atoms. The van der Waals surface area contributed by atoms with Crippen molar-refractivity contribution in [2.75, 3.05) is 7.05 Å². The molecule has 0 saturated carbocycles. The Morgan fingerprint density at radius 2 is 2.29 bits per heavy atom. The smallest absolute Gasteiger partial charge is 0.274 e. The number of hydrogen-bond donors (Lipinski definition) is 0. The van der Waals surface area contributed by atoms with E-state index in [0.717, 1.165) is 5.56 Å². The molecule has 0 aliphatic rings. The third-order valence-corrected chi connectivity index (χ3v) is 3.11. The summed E-state index contributed by atoms with van der Waals surface area (Å²) in [6.45, 7) is 0.562. The van der Waals surface area contributed by atoms with Crippen molar-refractivity contribution < 1.29 is 4.79 Å². The van der Waals surface area contributed by atoms with Gasteiger partial charge < -0.3 is 4.90 Å². The van der Waals surface area contributed by atoms with Gasteiger partial charge in [-0.3, -0.25) is 4.79 Å². The van der Waals surface area contributed by atoms with Crippen LogP contribution in [0.25, 0.3) is 0 Å². The lowest BCUT2D eigenvalue weighted by molar-refractivity contribution is 0.0779. The van der Waals surface area contributed by atoms with Crippen LogP contribution in [-0.4, -0.2) is 27.8 Å². The number of hydrogen-bond acceptors (Lipinski definition) is 4. The number of nitrogens with zero attached hydrogens (tertiary/aromatic N) is 3. The van der Waals surface area contributed by atoms with Gasteiger partial charge in [-0.2, -0.15) is 11.3 Å². The van der Waals surface area contributed by atoms with E-state index in [1.807, 2.05) is 16.8 Å². The number of amides is 1. The molecule has 2 aromatic heterocycles. The fraction of sp³-hybridized carbons (Fsp3) is 0.182. The summed E-state index contributed by atoms with van der Waals surface area (Å²) in [7, 11) is 1.73. The number of carbonyl (C=O) groups is 1. The highest BCUT2D eigenvalue weighted by molar-refractivity contribution is 7.07. The number of halogens is 1. The highest BCUT2D eigenvalue weighted by Gasteiger charge is 2.13. The van der Waals surface area contributed by atoms with E-state index in [0.29, 0.717) is 12.2 Å². The van der Waals surface area contributed by atoms with Gasteiger partial charge in [0, 0.05) is 13.6 Å². The van der Waals surface area contributed by atoms with Crippen molar-refractivity contribution in [1.29, 1.82) is 0 Å². The van der Waals surface area contributed by atoms with E-state index in [4.69, 9.17) is 11.6 Å². The summed E-state index contributed by atoms with van der Waals surface area (Å²) in [6, 6.07) is 1.99. The molecule has 1 amide bonds. The van der Waals surface area contributed by atoms with Crippen LogP contribution in [0.1, 0.15) is 16.1 Å². The topological polar surface area (TPSA) is 46.1 Å². The van der Waals surface area contributed by atoms with Crippen LogP contribution in [0.3, 0.4) is 0 Å². The minimum absolute atomic E-state index is 0.166. The lowest BCUT2D eigenvalue weighted by Crippen LogP contribution is -2.26. The fourth-order valence-electron chi connectivity index (χ4n) is 1.35. The summed E-state index contributed by atoms with van der Waals surface area (Å²) in [5.74, 6) is -0.166. The molecule has 2 heterocycles. The van der Waals surface area contributed by atoms with Crippen molar-refractivity contribution in [3.05, 3.63) is 45.6 Å². The summed E-state index contributed by atoms with van der Waals surface area (Å²) < 4.78 is 0. The minimum atomic E-state index is -0.166. The molecule has 0 aliphatic carbocycles. The zero-order chi connectivity index (χ0) is 12.3. The van der Waals surface area contributed by atoms with Crippen molar-refractivity contribution in [3.8, 4) is 0 Å². The molecule has 0 aromatic carbocycles. The summed E-state index contributed by atoms with van der Waals surface area (Å²) in [5.41, 5.74) is 1.40. The van der Waals surface area contributed by atoms with E-state index < -0.39 is 0 Å². The molecule has 0 radical (unpaired) electrons. The normalized spacial score (nSPS) is 10.2. The van der Waals surface area contributed by atoms with Gasteiger partial charge in [0.25, 0.3) is 5.91 Å². The van der Waals surface area contributed by atoms with Crippen LogP contribution in [0, 0.1) is 0 Å². The van der Waals surface area contributed by atoms with E-state index in [-0.39, 0.29) is 11.1 Å². The van der Waals surface area contributed by atoms with Crippen molar-refractivity contribution in [2.45, 2.75) is 6.54 Å². The molecule has 0 spiro atoms. The van der Waals surface area contributed by atoms with Gasteiger partial charge in [-0.25, -0.2) is 9.97 Å². The summed E-state index contributed by atoms with van der Waals surface area (Å²) >= 11 is 7.22. The number of carbonyl (C=O) groups excluding carboxylic acids is 1. The number of aromatic nitrogens is 2. The standard InChI is InChI=1S/C11H10ClN3OS/c1-15(6-8-2-3-17-7-8)11(16)9-4-14-10(12)5-13-9/h2-5,7H,6H2,1H3. The van der Waals surface area contributed by atoms with Crippen LogP contribution in [-0.2, 0) is 6.54 Å². The summed E-state index contributed by atoms with van der Waals surface area (Å²) in [6.07, 6.45) is 2.75. The second-order valence-electron chi connectivity index (χ2n) is 3.52. The SMILES string of the molecule is CN(Cc1ccsc1)C(=O)c1cnc(Cl)cn1. The van der Waals surface area contributed by atoms with Crippen LogP contribution in [0.5, 0.6) is 0 Å². The number of thiophene rings is 1. The Kier molecular flexibility index (Phi) is 3.71. The molecule has 0 atom stereocenters. The third-order valence-electron chi connectivity index (χ3n) is 2.19. The Balaban J connectivity index is 2.07. The molecule has 0 fully saturated rings. The molecule has 88 valence electrons. The van der Waals surface area contributed by atoms with Crippen molar-refractivity contribution in [3.63, 3.8) is 0 Å². The van der Waals surface area contributed by atoms with Gasteiger partial charge in [-0.15, -0.1) is 0 Å². The van der Waals surface area contributed by atoms with Crippen LogP contribution >= 0.6 is 22.9 Å². The first-order valence-corrected chi connectivity index (χ1v) is 6.23. The first kappa shape index (κ1) is 12.0. The zero-order valence-electron chi connectivity index (χ0n) is 9.13. The second kappa shape index (κ2) is 5.25. The van der Waals surface area contributed by atoms with Gasteiger partial charge in [0.1, 0.15) is 10.8 Å². The van der Waals surface area contributed by atoms with Crippen LogP contribution < -0.4 is 0 Å². The van der Waals surface area contributed by atoms with Crippen molar-refractivity contribution in [1.82, 2.24) is 14.9 Å². The molecule has 0 N–H and O–H groups in total. The second-order valence-corrected chi connectivity index (χ2v) is 4.68. The highest BCUT2D eigenvalue weighted by Crippen LogP contribution is 2.10. The Morgan fingerprint density at radius 3 is 2.88 bits per heavy atom. The maximum Gasteiger partial charge on any atom is 0.274 e. The van der Waals surface area contributed by atoms with Gasteiger partial charge in [0.2, 0.25) is 0 Å². The molecular weight excluding hydrogens is 258 g/mol. The quantitative estimate of drug-likeness (QED) is 0.858. The molecule has 0 aliphatic heterocycles. The van der Waals surface area contributed by atoms with Gasteiger partial charge in [-0.1, -0.05) is 11.6 Å². The van der Waals surface area contributed by atoms with E-state index >= 15 is 0 Å². The van der Waals surface area contributed by atoms with Crippen LogP contribution in [0.15, 0.2) is 29.2 Å². The Labute approximate surface area is 108 Å². The first-order valence-electron chi connectivity index (χ1n) is 4.91. The fourth-order valence-corrected chi connectivity index (χ4v) is 2.10. The van der Waals surface area contributed by atoms with E-state index in [1.54, 1.807) is 23.3 Å². The first-order chi connectivity index (χ1) is 8.16. The van der Waals surface area contributed by atoms with E-state index in [1.165, 1.54) is 12.4 Å². The van der Waals surface area contributed by atoms with Crippen molar-refractivity contribution in [2.24, 2.45) is 0 Å². The molecule has 17 heavy (non-hydrogen) atoms. The molecule has 2 rings (SSSR count). The van der Waals surface area contributed by atoms with Gasteiger partial charge in [0.15, 0.2) is 0 Å². The molecule has 6 heteroatoms. The molecule has 4 nitrogen and oxygen atoms in total. The Bertz CT molecular complexity index is 498. The Morgan fingerprint density at radius 1 is 1.47 bits per heavy atom. The highest BCUT2D eigenvalue weighted by atomic mass is 35.5. The monoisotopic (exact) mass is 267 g/mol. The van der Waals surface area contributed by atoms with E-state index in [9.17, 15) is 4.79 Å². The summed E-state index contributed by atoms with van der Waals surface area (Å²) in [5, 5.41) is 4.27. The Hall–Kier alpha value is -1.46. The predicted molar refractivity (Wildman–Crippen MR) is 67.2 cm³/mol. The third kappa shape index (κ3) is 3.01. The van der Waals surface area contributed by atoms with Gasteiger partial charge in [-0.05, 0) is 22.4 Å². The zero-order valence-corrected chi connectivity index (χ0v) is 10.7. The summed E-state index contributed by atoms with van der Waals surface area (Å²) in [4.78, 5) is 21.3. The van der Waals surface area contributed by atoms with Crippen molar-refractivity contribution >= 4 is 28.8 Å². The van der Waals surface area contributed by atoms with E-state index in [2.05, 4.69) is 9.97 Å². The lowest BCUT2D eigenvalue weighted by atomic mass is 10.3. The largest absolute Gasteiger partial charge is 0.336 e. The molecular formula is C11H10ClN3OS. The maximum absolute atomic E-state index is 12.0. The van der Waals surface area contributed by atoms with Crippen LogP contribution in [0.2, 0.25) is 5.15 Å². The van der Waals surface area contributed by atoms with Crippen LogP contribution in [0.4, 0.5) is 0 Å². The maximum atomic E-state index is 12.0. The average molecular weight is 268 g/mol. The minimum Gasteiger partial charge on any atom is -0.336 e.